The van der Waals surface area contributed by atoms with Gasteiger partial charge in [0, 0.05) is 27.1 Å². The number of aromatic nitrogens is 1. The zero-order valence-corrected chi connectivity index (χ0v) is 14.7. The molecule has 0 bridgehead atoms. The second-order valence-corrected chi connectivity index (χ2v) is 6.43. The highest BCUT2D eigenvalue weighted by Gasteiger charge is 2.29. The van der Waals surface area contributed by atoms with E-state index >= 15 is 0 Å². The fraction of sp³-hybridized carbons (Fsp3) is 0.158. The Labute approximate surface area is 148 Å². The number of para-hydroxylation sites is 1. The zero-order chi connectivity index (χ0) is 17.1. The summed E-state index contributed by atoms with van der Waals surface area (Å²) >= 11 is 3.35. The predicted octanol–water partition coefficient (Wildman–Crippen LogP) is 4.15. The SMILES string of the molecule is COC(=O)C(Cc1c[nH]c2ccccc12)C(=O)c1cccc(Br)c1. The first-order chi connectivity index (χ1) is 11.6. The number of nitrogens with one attached hydrogen (secondary N) is 1. The van der Waals surface area contributed by atoms with Gasteiger partial charge >= 0.3 is 5.97 Å². The van der Waals surface area contributed by atoms with Gasteiger partial charge in [0.1, 0.15) is 5.92 Å². The van der Waals surface area contributed by atoms with E-state index in [1.807, 2.05) is 36.5 Å². The maximum Gasteiger partial charge on any atom is 0.316 e. The van der Waals surface area contributed by atoms with Crippen LogP contribution in [-0.4, -0.2) is 23.8 Å². The molecule has 0 aliphatic carbocycles. The van der Waals surface area contributed by atoms with Crippen molar-refractivity contribution < 1.29 is 14.3 Å². The van der Waals surface area contributed by atoms with Crippen molar-refractivity contribution in [2.24, 2.45) is 5.92 Å². The van der Waals surface area contributed by atoms with Crippen LogP contribution in [0.1, 0.15) is 15.9 Å². The Morgan fingerprint density at radius 3 is 2.71 bits per heavy atom. The number of hydrogen-bond donors (Lipinski definition) is 1. The number of aromatic amines is 1. The number of carbonyl (C=O) groups excluding carboxylic acids is 2. The van der Waals surface area contributed by atoms with Crippen molar-refractivity contribution in [3.8, 4) is 0 Å². The summed E-state index contributed by atoms with van der Waals surface area (Å²) in [5.41, 5.74) is 2.38. The minimum atomic E-state index is -0.872. The van der Waals surface area contributed by atoms with Crippen LogP contribution >= 0.6 is 15.9 Å². The molecule has 24 heavy (non-hydrogen) atoms. The Kier molecular flexibility index (Phi) is 4.81. The number of Topliss-reactive ketones (excluding diaryl/α,β-unsaturated/α-hetero) is 1. The van der Waals surface area contributed by atoms with Crippen LogP contribution in [0.2, 0.25) is 0 Å². The number of benzene rings is 2. The van der Waals surface area contributed by atoms with Crippen molar-refractivity contribution in [1.82, 2.24) is 4.98 Å². The number of ketones is 1. The molecule has 1 unspecified atom stereocenters. The van der Waals surface area contributed by atoms with Crippen LogP contribution in [0.5, 0.6) is 0 Å². The molecule has 0 saturated carbocycles. The van der Waals surface area contributed by atoms with Crippen molar-refractivity contribution in [2.45, 2.75) is 6.42 Å². The van der Waals surface area contributed by atoms with E-state index in [9.17, 15) is 9.59 Å². The summed E-state index contributed by atoms with van der Waals surface area (Å²) in [7, 11) is 1.30. The molecule has 0 aliphatic heterocycles. The smallest absolute Gasteiger partial charge is 0.316 e. The van der Waals surface area contributed by atoms with Gasteiger partial charge in [-0.05, 0) is 30.2 Å². The fourth-order valence-electron chi connectivity index (χ4n) is 2.79. The Hall–Kier alpha value is -2.40. The molecule has 122 valence electrons. The van der Waals surface area contributed by atoms with Gasteiger partial charge in [-0.2, -0.15) is 0 Å². The fourth-order valence-corrected chi connectivity index (χ4v) is 3.19. The standard InChI is InChI=1S/C19H16BrNO3/c1-24-19(23)16(18(22)12-5-4-6-14(20)9-12)10-13-11-21-17-8-3-2-7-15(13)17/h2-9,11,16,21H,10H2,1H3. The molecular formula is C19H16BrNO3. The van der Waals surface area contributed by atoms with Crippen LogP contribution in [-0.2, 0) is 16.0 Å². The van der Waals surface area contributed by atoms with E-state index in [2.05, 4.69) is 20.9 Å². The Morgan fingerprint density at radius 2 is 1.96 bits per heavy atom. The molecule has 1 heterocycles. The molecule has 2 aromatic carbocycles. The molecule has 1 atom stereocenters. The molecular weight excluding hydrogens is 370 g/mol. The van der Waals surface area contributed by atoms with Crippen LogP contribution in [0.15, 0.2) is 59.2 Å². The lowest BCUT2D eigenvalue weighted by Crippen LogP contribution is -2.27. The minimum Gasteiger partial charge on any atom is -0.468 e. The van der Waals surface area contributed by atoms with Crippen LogP contribution in [0.4, 0.5) is 0 Å². The summed E-state index contributed by atoms with van der Waals surface area (Å²) < 4.78 is 5.66. The highest BCUT2D eigenvalue weighted by molar-refractivity contribution is 9.10. The summed E-state index contributed by atoms with van der Waals surface area (Å²) in [5, 5.41) is 1.01. The first-order valence-electron chi connectivity index (χ1n) is 7.52. The molecule has 1 N–H and O–H groups in total. The molecule has 1 aromatic heterocycles. The third kappa shape index (κ3) is 3.26. The second-order valence-electron chi connectivity index (χ2n) is 5.51. The number of ether oxygens (including phenoxy) is 1. The van der Waals surface area contributed by atoms with E-state index in [0.29, 0.717) is 12.0 Å². The van der Waals surface area contributed by atoms with Crippen molar-refractivity contribution >= 4 is 38.6 Å². The number of hydrogen-bond acceptors (Lipinski definition) is 3. The van der Waals surface area contributed by atoms with Gasteiger partial charge in [0.15, 0.2) is 5.78 Å². The van der Waals surface area contributed by atoms with Gasteiger partial charge < -0.3 is 9.72 Å². The summed E-state index contributed by atoms with van der Waals surface area (Å²) in [4.78, 5) is 28.2. The summed E-state index contributed by atoms with van der Waals surface area (Å²) in [6.07, 6.45) is 2.14. The minimum absolute atomic E-state index is 0.242. The van der Waals surface area contributed by atoms with Crippen molar-refractivity contribution in [3.05, 3.63) is 70.3 Å². The van der Waals surface area contributed by atoms with E-state index in [-0.39, 0.29) is 5.78 Å². The predicted molar refractivity (Wildman–Crippen MR) is 96.0 cm³/mol. The van der Waals surface area contributed by atoms with Gasteiger partial charge in [-0.3, -0.25) is 9.59 Å². The molecule has 4 nitrogen and oxygen atoms in total. The molecule has 3 rings (SSSR count). The molecule has 0 amide bonds. The topological polar surface area (TPSA) is 59.2 Å². The van der Waals surface area contributed by atoms with Gasteiger partial charge in [0.2, 0.25) is 0 Å². The Balaban J connectivity index is 1.95. The average Bonchev–Trinajstić information content (AvgIpc) is 3.01. The monoisotopic (exact) mass is 385 g/mol. The normalized spacial score (nSPS) is 12.1. The molecule has 0 aliphatic rings. The summed E-state index contributed by atoms with van der Waals surface area (Å²) in [5.74, 6) is -1.64. The first-order valence-corrected chi connectivity index (χ1v) is 8.32. The molecule has 3 aromatic rings. The Bertz CT molecular complexity index is 900. The van der Waals surface area contributed by atoms with Crippen molar-refractivity contribution in [2.75, 3.05) is 7.11 Å². The van der Waals surface area contributed by atoms with Gasteiger partial charge in [-0.1, -0.05) is 46.3 Å². The third-order valence-corrected chi connectivity index (χ3v) is 4.50. The highest BCUT2D eigenvalue weighted by atomic mass is 79.9. The lowest BCUT2D eigenvalue weighted by atomic mass is 9.91. The number of halogens is 1. The van der Waals surface area contributed by atoms with Crippen LogP contribution in [0, 0.1) is 5.92 Å². The van der Waals surface area contributed by atoms with Crippen LogP contribution in [0.25, 0.3) is 10.9 Å². The van der Waals surface area contributed by atoms with Crippen LogP contribution in [0.3, 0.4) is 0 Å². The molecule has 0 radical (unpaired) electrons. The van der Waals surface area contributed by atoms with Crippen LogP contribution < -0.4 is 0 Å². The first kappa shape index (κ1) is 16.5. The van der Waals surface area contributed by atoms with E-state index < -0.39 is 11.9 Å². The quantitative estimate of drug-likeness (QED) is 0.407. The number of carbonyl (C=O) groups is 2. The summed E-state index contributed by atoms with van der Waals surface area (Å²) in [6, 6.07) is 14.8. The number of fused-ring (bicyclic) bond motifs is 1. The molecule has 5 heteroatoms. The highest BCUT2D eigenvalue weighted by Crippen LogP contribution is 2.24. The number of methoxy groups -OCH3 is 1. The molecule has 0 saturated heterocycles. The summed E-state index contributed by atoms with van der Waals surface area (Å²) in [6.45, 7) is 0. The van der Waals surface area contributed by atoms with Gasteiger partial charge in [-0.25, -0.2) is 0 Å². The van der Waals surface area contributed by atoms with E-state index in [1.165, 1.54) is 7.11 Å². The maximum absolute atomic E-state index is 12.8. The lowest BCUT2D eigenvalue weighted by Gasteiger charge is -2.13. The van der Waals surface area contributed by atoms with E-state index in [0.717, 1.165) is 20.9 Å². The van der Waals surface area contributed by atoms with Crippen molar-refractivity contribution in [3.63, 3.8) is 0 Å². The number of rotatable bonds is 5. The second kappa shape index (κ2) is 7.01. The van der Waals surface area contributed by atoms with Gasteiger partial charge in [-0.15, -0.1) is 0 Å². The zero-order valence-electron chi connectivity index (χ0n) is 13.1. The molecule has 0 spiro atoms. The lowest BCUT2D eigenvalue weighted by molar-refractivity contribution is -0.143. The van der Waals surface area contributed by atoms with E-state index in [1.54, 1.807) is 18.2 Å². The average molecular weight is 386 g/mol. The van der Waals surface area contributed by atoms with Crippen molar-refractivity contribution in [1.29, 1.82) is 0 Å². The third-order valence-electron chi connectivity index (χ3n) is 4.01. The number of H-pyrrole nitrogens is 1. The largest absolute Gasteiger partial charge is 0.468 e. The number of esters is 1. The maximum atomic E-state index is 12.8. The van der Waals surface area contributed by atoms with E-state index in [4.69, 9.17) is 4.74 Å². The molecule has 0 fully saturated rings. The van der Waals surface area contributed by atoms with Gasteiger partial charge in [0.05, 0.1) is 7.11 Å². The van der Waals surface area contributed by atoms with Gasteiger partial charge in [0.25, 0.3) is 0 Å². The Morgan fingerprint density at radius 1 is 1.17 bits per heavy atom.